The van der Waals surface area contributed by atoms with E-state index in [9.17, 15) is 0 Å². The van der Waals surface area contributed by atoms with Gasteiger partial charge in [-0.3, -0.25) is 0 Å². The molecule has 7 aromatic carbocycles. The normalized spacial score (nSPS) is 14.8. The Hall–Kier alpha value is -7.27. The van der Waals surface area contributed by atoms with Crippen LogP contribution in [0.5, 0.6) is 11.5 Å². The Morgan fingerprint density at radius 2 is 1.17 bits per heavy atom. The summed E-state index contributed by atoms with van der Waals surface area (Å²) in [5.74, 6) is 2.09. The first-order valence-electron chi connectivity index (χ1n) is 25.4. The number of aromatic nitrogens is 2. The Morgan fingerprint density at radius 1 is 0.562 bits per heavy atom. The van der Waals surface area contributed by atoms with Crippen LogP contribution in [0.3, 0.4) is 0 Å². The average Bonchev–Trinajstić information content (AvgIpc) is 3.73. The van der Waals surface area contributed by atoms with Crippen molar-refractivity contribution < 1.29 is 39.5 Å². The molecule has 0 saturated heterocycles. The van der Waals surface area contributed by atoms with Crippen molar-refractivity contribution in [3.05, 3.63) is 219 Å². The van der Waals surface area contributed by atoms with E-state index in [-0.39, 0.29) is 54.4 Å². The summed E-state index contributed by atoms with van der Waals surface area (Å²) in [6.07, 6.45) is 3.59. The molecule has 2 aliphatic rings. The fourth-order valence-electron chi connectivity index (χ4n) is 8.20. The van der Waals surface area contributed by atoms with Gasteiger partial charge in [0.15, 0.2) is 0 Å². The first-order chi connectivity index (χ1) is 35.0. The number of rotatable bonds is 7. The number of fused-ring (bicyclic) bond motifs is 6. The molecule has 0 bridgehead atoms. The molecule has 0 spiro atoms. The molecule has 0 saturated carbocycles. The molecule has 9 aromatic rings. The number of para-hydroxylation sites is 3. The molecule has 11 rings (SSSR count). The minimum Gasteiger partial charge on any atom is -0.509 e. The predicted octanol–water partition coefficient (Wildman–Crippen LogP) is 15.0. The van der Waals surface area contributed by atoms with Gasteiger partial charge in [-0.2, -0.15) is 12.1 Å². The number of ether oxygens (including phenoxy) is 1. The third kappa shape index (κ3) is 7.34. The topological polar surface area (TPSA) is 44.7 Å². The molecule has 7 heteroatoms. The van der Waals surface area contributed by atoms with Crippen LogP contribution in [0.25, 0.3) is 44.5 Å². The number of nitrogens with zero attached hydrogens (tertiary/aromatic N) is 5. The van der Waals surface area contributed by atoms with E-state index in [2.05, 4.69) is 57.2 Å². The molecule has 2 aromatic heterocycles. The second-order valence-corrected chi connectivity index (χ2v) is 16.0. The van der Waals surface area contributed by atoms with Crippen LogP contribution in [0.2, 0.25) is 0 Å². The summed E-state index contributed by atoms with van der Waals surface area (Å²) < 4.78 is 93.9. The van der Waals surface area contributed by atoms with Crippen LogP contribution in [0, 0.1) is 18.8 Å². The van der Waals surface area contributed by atoms with Crippen LogP contribution >= 0.6 is 0 Å². The number of hydrogen-bond acceptors (Lipinski definition) is 6. The minimum atomic E-state index is -0.569. The first-order valence-corrected chi connectivity index (χ1v) is 20.4. The molecule has 0 radical (unpaired) electrons. The second-order valence-electron chi connectivity index (χ2n) is 16.0. The smallest absolute Gasteiger partial charge is 0.144 e. The SMILES string of the molecule is [2H]c1c([2H])c([2H])c(-c2cccc(-c3c([2H])c([2H])c([2H])c([2H])c3[2H])c2N2[CH-]N(c3[c-]c(Oc4[c-]c5c(cc4)-c4ccccc4-c4cccnc4N5c4cc(C(C)(C)C)ccn4)ccc3)c3ccccc32)c([2H])c1[2H].[Pt]. The average molecular weight is 1020 g/mol. The second kappa shape index (κ2) is 16.8. The molecule has 0 fully saturated rings. The summed E-state index contributed by atoms with van der Waals surface area (Å²) in [5, 5.41) is 0. The van der Waals surface area contributed by atoms with E-state index in [0.29, 0.717) is 45.9 Å². The molecule has 4 heterocycles. The van der Waals surface area contributed by atoms with Gasteiger partial charge in [0.05, 0.1) is 13.7 Å². The van der Waals surface area contributed by atoms with Crippen molar-refractivity contribution in [2.24, 2.45) is 0 Å². The Kier molecular flexibility index (Phi) is 8.06. The maximum absolute atomic E-state index is 9.04. The van der Waals surface area contributed by atoms with E-state index in [1.807, 2.05) is 88.8 Å². The molecule has 0 unspecified atom stereocenters. The number of pyridine rings is 2. The van der Waals surface area contributed by atoms with Crippen molar-refractivity contribution in [2.75, 3.05) is 14.7 Å². The van der Waals surface area contributed by atoms with Crippen molar-refractivity contribution in [3.8, 4) is 56.0 Å². The maximum Gasteiger partial charge on any atom is 0.144 e. The molecule has 0 atom stereocenters. The Morgan fingerprint density at radius 3 is 1.88 bits per heavy atom. The standard InChI is InChI=1S/C57H42N5O.Pt/c1-57(2,3)41-32-34-58-54(35-41)62-53-37-44(30-31-49(53)47-23-10-11-24-48(47)50-27-16-33-59-56(50)62)63-43-22-14-21-42(36-43)60-38-61(52-29-13-12-28-51(52)60)55-45(39-17-6-4-7-18-39)25-15-26-46(55)40-19-8-5-9-20-40;/h4-35,38H,1-3H3;/q-3;/i4D,5D,6D,7D,8D,9D,17D,18D,19D,20D;. The van der Waals surface area contributed by atoms with E-state index < -0.39 is 60.4 Å². The van der Waals surface area contributed by atoms with Gasteiger partial charge in [0.25, 0.3) is 0 Å². The van der Waals surface area contributed by atoms with Crippen LogP contribution in [-0.4, -0.2) is 9.97 Å². The molecule has 2 aliphatic heterocycles. The van der Waals surface area contributed by atoms with E-state index in [1.54, 1.807) is 42.0 Å². The van der Waals surface area contributed by atoms with Gasteiger partial charge in [-0.1, -0.05) is 147 Å². The first kappa shape index (κ1) is 30.7. The molecular formula is C57H42N5OPt-3. The van der Waals surface area contributed by atoms with Gasteiger partial charge in [0.1, 0.15) is 11.6 Å². The van der Waals surface area contributed by atoms with Crippen LogP contribution < -0.4 is 19.4 Å². The van der Waals surface area contributed by atoms with E-state index in [1.165, 1.54) is 0 Å². The quantitative estimate of drug-likeness (QED) is 0.148. The third-order valence-corrected chi connectivity index (χ3v) is 11.1. The predicted molar refractivity (Wildman–Crippen MR) is 256 cm³/mol. The molecule has 6 nitrogen and oxygen atoms in total. The summed E-state index contributed by atoms with van der Waals surface area (Å²) >= 11 is 0. The fourth-order valence-corrected chi connectivity index (χ4v) is 8.20. The van der Waals surface area contributed by atoms with Gasteiger partial charge in [-0.25, -0.2) is 9.97 Å². The molecule has 0 N–H and O–H groups in total. The Balaban J connectivity index is 0.00000626. The van der Waals surface area contributed by atoms with Gasteiger partial charge in [-0.05, 0) is 64.1 Å². The van der Waals surface area contributed by atoms with Gasteiger partial charge < -0.3 is 19.4 Å². The van der Waals surface area contributed by atoms with E-state index in [0.717, 1.165) is 27.8 Å². The van der Waals surface area contributed by atoms with Crippen molar-refractivity contribution >= 4 is 40.1 Å². The van der Waals surface area contributed by atoms with Crippen LogP contribution in [0.4, 0.5) is 40.1 Å². The van der Waals surface area contributed by atoms with Crippen LogP contribution in [0.1, 0.15) is 40.0 Å². The van der Waals surface area contributed by atoms with Crippen molar-refractivity contribution in [2.45, 2.75) is 26.2 Å². The zero-order valence-corrected chi connectivity index (χ0v) is 37.0. The summed E-state index contributed by atoms with van der Waals surface area (Å²) in [6, 6.07) is 39.6. The largest absolute Gasteiger partial charge is 0.509 e. The number of hydrogen-bond donors (Lipinski definition) is 0. The summed E-state index contributed by atoms with van der Waals surface area (Å²) in [4.78, 5) is 15.5. The van der Waals surface area contributed by atoms with Crippen LogP contribution in [0.15, 0.2) is 194 Å². The number of anilines is 7. The Bertz CT molecular complexity index is 3610. The van der Waals surface area contributed by atoms with E-state index >= 15 is 0 Å². The van der Waals surface area contributed by atoms with Gasteiger partial charge in [-0.15, -0.1) is 48.3 Å². The zero-order valence-electron chi connectivity index (χ0n) is 44.7. The monoisotopic (exact) mass is 1020 g/mol. The number of benzene rings is 7. The van der Waals surface area contributed by atoms with Gasteiger partial charge >= 0.3 is 0 Å². The van der Waals surface area contributed by atoms with Crippen molar-refractivity contribution in [1.82, 2.24) is 9.97 Å². The Labute approximate surface area is 403 Å². The molecular weight excluding hydrogens is 966 g/mol. The zero-order chi connectivity index (χ0) is 51.2. The molecule has 0 amide bonds. The van der Waals surface area contributed by atoms with Gasteiger partial charge in [0.2, 0.25) is 0 Å². The van der Waals surface area contributed by atoms with Crippen molar-refractivity contribution in [3.63, 3.8) is 0 Å². The molecule has 64 heavy (non-hydrogen) atoms. The third-order valence-electron chi connectivity index (χ3n) is 11.1. The fraction of sp³-hybridized carbons (Fsp3) is 0.0702. The summed E-state index contributed by atoms with van der Waals surface area (Å²) in [5.41, 5.74) is 7.51. The van der Waals surface area contributed by atoms with E-state index in [4.69, 9.17) is 28.4 Å². The molecule has 314 valence electrons. The maximum atomic E-state index is 9.04. The van der Waals surface area contributed by atoms with Crippen LogP contribution in [-0.2, 0) is 26.5 Å². The minimum absolute atomic E-state index is 0. The van der Waals surface area contributed by atoms with Gasteiger partial charge in [0, 0.05) is 78.7 Å². The summed E-state index contributed by atoms with van der Waals surface area (Å²) in [7, 11) is 0. The molecule has 0 aliphatic carbocycles. The summed E-state index contributed by atoms with van der Waals surface area (Å²) in [6.45, 7) is 8.22. The van der Waals surface area contributed by atoms with Crippen molar-refractivity contribution in [1.29, 1.82) is 0 Å².